The quantitative estimate of drug-likeness (QED) is 0.169. The molecule has 0 unspecified atom stereocenters. The smallest absolute Gasteiger partial charge is 0.247 e. The molecule has 9 rings (SSSR count). The predicted molar refractivity (Wildman–Crippen MR) is 224 cm³/mol. The van der Waals surface area contributed by atoms with Gasteiger partial charge in [0.2, 0.25) is 6.71 Å². The summed E-state index contributed by atoms with van der Waals surface area (Å²) in [5, 5.41) is 0. The molecule has 0 spiro atoms. The maximum atomic E-state index is 2.51. The molecule has 0 radical (unpaired) electrons. The highest BCUT2D eigenvalue weighted by Gasteiger charge is 2.46. The lowest BCUT2D eigenvalue weighted by atomic mass is 9.30. The van der Waals surface area contributed by atoms with E-state index in [0.29, 0.717) is 0 Å². The van der Waals surface area contributed by atoms with Crippen molar-refractivity contribution >= 4 is 40.2 Å². The van der Waals surface area contributed by atoms with Crippen molar-refractivity contribution in [2.24, 2.45) is 0 Å². The molecule has 7 aromatic rings. The van der Waals surface area contributed by atoms with Gasteiger partial charge in [0.1, 0.15) is 0 Å². The molecule has 0 bridgehead atoms. The Morgan fingerprint density at radius 3 is 1.52 bits per heavy atom. The van der Waals surface area contributed by atoms with E-state index in [9.17, 15) is 0 Å². The van der Waals surface area contributed by atoms with Crippen LogP contribution in [0.1, 0.15) is 52.8 Å². The van der Waals surface area contributed by atoms with Crippen LogP contribution >= 0.6 is 0 Å². The Morgan fingerprint density at radius 2 is 0.923 bits per heavy atom. The normalized spacial score (nSPS) is 13.8. The fourth-order valence-corrected chi connectivity index (χ4v) is 9.01. The van der Waals surface area contributed by atoms with Gasteiger partial charge in [0.25, 0.3) is 0 Å². The van der Waals surface area contributed by atoms with E-state index >= 15 is 0 Å². The first-order valence-corrected chi connectivity index (χ1v) is 18.6. The van der Waals surface area contributed by atoms with Gasteiger partial charge < -0.3 is 4.90 Å². The molecule has 0 fully saturated rings. The monoisotopic (exact) mass is 669 g/mol. The van der Waals surface area contributed by atoms with Crippen molar-refractivity contribution in [2.45, 2.75) is 53.9 Å². The number of rotatable bonds is 4. The van der Waals surface area contributed by atoms with Gasteiger partial charge in [0, 0.05) is 22.5 Å². The van der Waals surface area contributed by atoms with Crippen molar-refractivity contribution in [1.82, 2.24) is 0 Å². The van der Waals surface area contributed by atoms with Gasteiger partial charge in [-0.1, -0.05) is 139 Å². The minimum Gasteiger partial charge on any atom is -0.312 e. The number of hydrogen-bond donors (Lipinski definition) is 0. The average molecular weight is 670 g/mol. The van der Waals surface area contributed by atoms with E-state index < -0.39 is 0 Å². The molecule has 1 nitrogen and oxygen atoms in total. The van der Waals surface area contributed by atoms with Gasteiger partial charge in [-0.2, -0.15) is 0 Å². The summed E-state index contributed by atoms with van der Waals surface area (Å²) < 4.78 is 0. The standard InChI is InChI=1S/C50H44BN/c1-31-8-16-36(17-9-31)39-27-40(37-18-10-32(2)11-19-37)29-41(28-39)38-20-23-44-43(30-38)50(6,7)48-35(5)15-25-47-49(48)51(44)45-26-34(4)14-24-46(45)52(47)42-21-12-33(3)13-22-42/h8-30H,1-7H3. The van der Waals surface area contributed by atoms with Crippen LogP contribution in [0.25, 0.3) is 33.4 Å². The van der Waals surface area contributed by atoms with Crippen LogP contribution in [0.2, 0.25) is 0 Å². The highest BCUT2D eigenvalue weighted by molar-refractivity contribution is 6.99. The first-order chi connectivity index (χ1) is 25.1. The summed E-state index contributed by atoms with van der Waals surface area (Å²) in [4.78, 5) is 2.50. The second-order valence-electron chi connectivity index (χ2n) is 15.8. The van der Waals surface area contributed by atoms with Crippen molar-refractivity contribution in [3.05, 3.63) is 178 Å². The van der Waals surface area contributed by atoms with E-state index in [1.54, 1.807) is 0 Å². The lowest BCUT2D eigenvalue weighted by molar-refractivity contribution is 0.641. The molecule has 2 heterocycles. The van der Waals surface area contributed by atoms with Crippen LogP contribution in [0.4, 0.5) is 17.1 Å². The van der Waals surface area contributed by atoms with Gasteiger partial charge in [-0.3, -0.25) is 0 Å². The molecule has 0 saturated heterocycles. The van der Waals surface area contributed by atoms with Crippen molar-refractivity contribution in [3.63, 3.8) is 0 Å². The number of benzene rings is 7. The molecule has 2 aliphatic heterocycles. The van der Waals surface area contributed by atoms with E-state index in [4.69, 9.17) is 0 Å². The summed E-state index contributed by atoms with van der Waals surface area (Å²) in [5.74, 6) is 0. The number of fused-ring (bicyclic) bond motifs is 4. The Kier molecular flexibility index (Phi) is 7.45. The number of hydrogen-bond acceptors (Lipinski definition) is 1. The fraction of sp³-hybridized carbons (Fsp3) is 0.160. The Hall–Kier alpha value is -5.60. The van der Waals surface area contributed by atoms with Gasteiger partial charge in [-0.25, -0.2) is 0 Å². The zero-order valence-electron chi connectivity index (χ0n) is 31.3. The molecule has 2 heteroatoms. The van der Waals surface area contributed by atoms with Crippen LogP contribution < -0.4 is 21.3 Å². The highest BCUT2D eigenvalue weighted by atomic mass is 15.1. The van der Waals surface area contributed by atoms with E-state index in [-0.39, 0.29) is 12.1 Å². The fourth-order valence-electron chi connectivity index (χ4n) is 9.01. The topological polar surface area (TPSA) is 3.24 Å². The van der Waals surface area contributed by atoms with Crippen LogP contribution in [-0.4, -0.2) is 6.71 Å². The van der Waals surface area contributed by atoms with E-state index in [1.807, 2.05) is 0 Å². The first kappa shape index (κ1) is 32.3. The summed E-state index contributed by atoms with van der Waals surface area (Å²) in [5.41, 5.74) is 24.6. The maximum Gasteiger partial charge on any atom is 0.247 e. The van der Waals surface area contributed by atoms with Crippen LogP contribution in [0.5, 0.6) is 0 Å². The molecule has 252 valence electrons. The van der Waals surface area contributed by atoms with Crippen molar-refractivity contribution < 1.29 is 0 Å². The largest absolute Gasteiger partial charge is 0.312 e. The van der Waals surface area contributed by atoms with Crippen molar-refractivity contribution in [3.8, 4) is 33.4 Å². The van der Waals surface area contributed by atoms with E-state index in [0.717, 1.165) is 0 Å². The first-order valence-electron chi connectivity index (χ1n) is 18.6. The lowest BCUT2D eigenvalue weighted by Crippen LogP contribution is -2.64. The lowest BCUT2D eigenvalue weighted by Gasteiger charge is -2.46. The molecular formula is C50H44BN. The van der Waals surface area contributed by atoms with Gasteiger partial charge in [0.05, 0.1) is 0 Å². The summed E-state index contributed by atoms with van der Waals surface area (Å²) in [6.07, 6.45) is 0. The highest BCUT2D eigenvalue weighted by Crippen LogP contribution is 2.44. The summed E-state index contributed by atoms with van der Waals surface area (Å²) in [6.45, 7) is 16.0. The Morgan fingerprint density at radius 1 is 0.423 bits per heavy atom. The average Bonchev–Trinajstić information content (AvgIpc) is 3.14. The van der Waals surface area contributed by atoms with Crippen LogP contribution in [0.3, 0.4) is 0 Å². The Labute approximate surface area is 309 Å². The van der Waals surface area contributed by atoms with E-state index in [1.165, 1.54) is 106 Å². The molecule has 7 aromatic carbocycles. The van der Waals surface area contributed by atoms with Crippen LogP contribution in [0, 0.1) is 34.6 Å². The zero-order valence-corrected chi connectivity index (χ0v) is 31.3. The van der Waals surface area contributed by atoms with Crippen LogP contribution in [0.15, 0.2) is 140 Å². The molecule has 0 amide bonds. The second kappa shape index (κ2) is 12.0. The Bertz CT molecular complexity index is 2460. The number of nitrogens with zero attached hydrogens (tertiary/aromatic N) is 1. The number of aryl methyl sites for hydroxylation is 5. The van der Waals surface area contributed by atoms with Gasteiger partial charge >= 0.3 is 0 Å². The van der Waals surface area contributed by atoms with Gasteiger partial charge in [-0.15, -0.1) is 0 Å². The molecule has 0 saturated carbocycles. The third-order valence-corrected chi connectivity index (χ3v) is 11.7. The SMILES string of the molecule is Cc1ccc(-c2cc(-c3ccc(C)cc3)cc(-c3ccc4c(c3)C(C)(C)c3c(C)ccc5c3B4c3cc(C)ccc3N5c3ccc(C)cc3)c2)cc1. The van der Waals surface area contributed by atoms with Crippen molar-refractivity contribution in [1.29, 1.82) is 0 Å². The molecule has 2 aliphatic rings. The van der Waals surface area contributed by atoms with Gasteiger partial charge in [0.15, 0.2) is 0 Å². The maximum absolute atomic E-state index is 2.51. The predicted octanol–water partition coefficient (Wildman–Crippen LogP) is 11.2. The zero-order chi connectivity index (χ0) is 35.9. The van der Waals surface area contributed by atoms with Crippen molar-refractivity contribution in [2.75, 3.05) is 4.90 Å². The molecule has 0 aliphatic carbocycles. The minimum atomic E-state index is -0.202. The third kappa shape index (κ3) is 5.15. The summed E-state index contributed by atoms with van der Waals surface area (Å²) in [7, 11) is 0. The molecule has 0 atom stereocenters. The third-order valence-electron chi connectivity index (χ3n) is 11.7. The summed E-state index contributed by atoms with van der Waals surface area (Å²) >= 11 is 0. The summed E-state index contributed by atoms with van der Waals surface area (Å²) in [6, 6.07) is 53.1. The molecule has 52 heavy (non-hydrogen) atoms. The molecular weight excluding hydrogens is 625 g/mol. The van der Waals surface area contributed by atoms with E-state index in [2.05, 4.69) is 193 Å². The molecule has 0 N–H and O–H groups in total. The van der Waals surface area contributed by atoms with Crippen LogP contribution in [-0.2, 0) is 5.41 Å². The molecule has 0 aromatic heterocycles. The number of anilines is 3. The van der Waals surface area contributed by atoms with Gasteiger partial charge in [-0.05, 0) is 138 Å². The minimum absolute atomic E-state index is 0.153. The Balaban J connectivity index is 1.26. The second-order valence-corrected chi connectivity index (χ2v) is 15.8.